The first-order chi connectivity index (χ1) is 11.3. The molecule has 0 aliphatic carbocycles. The molecule has 0 saturated carbocycles. The van der Waals surface area contributed by atoms with Crippen LogP contribution in [0.3, 0.4) is 0 Å². The summed E-state index contributed by atoms with van der Waals surface area (Å²) in [5.41, 5.74) is 4.96. The summed E-state index contributed by atoms with van der Waals surface area (Å²) in [5.74, 6) is 0. The van der Waals surface area contributed by atoms with Crippen molar-refractivity contribution in [3.8, 4) is 6.07 Å². The van der Waals surface area contributed by atoms with E-state index in [2.05, 4.69) is 11.0 Å². The molecule has 4 heteroatoms. The molecule has 0 radical (unpaired) electrons. The molecular weight excluding hydrogens is 306 g/mol. The highest BCUT2D eigenvalue weighted by atomic mass is 35.5. The third-order valence-corrected chi connectivity index (χ3v) is 4.77. The van der Waals surface area contributed by atoms with Crippen LogP contribution in [0.2, 0.25) is 5.02 Å². The second kappa shape index (κ2) is 5.57. The Balaban J connectivity index is 1.73. The van der Waals surface area contributed by atoms with Gasteiger partial charge in [0.2, 0.25) is 0 Å². The Labute approximate surface area is 139 Å². The average Bonchev–Trinajstić information content (AvgIpc) is 2.62. The van der Waals surface area contributed by atoms with Crippen LogP contribution < -0.4 is 4.90 Å². The largest absolute Gasteiger partial charge is 0.367 e. The van der Waals surface area contributed by atoms with E-state index in [1.165, 1.54) is 0 Å². The zero-order valence-corrected chi connectivity index (χ0v) is 13.2. The van der Waals surface area contributed by atoms with Gasteiger partial charge in [-0.15, -0.1) is 0 Å². The molecule has 0 saturated heterocycles. The van der Waals surface area contributed by atoms with Gasteiger partial charge in [-0.25, -0.2) is 0 Å². The number of pyridine rings is 1. The van der Waals surface area contributed by atoms with Crippen LogP contribution in [0.25, 0.3) is 10.9 Å². The monoisotopic (exact) mass is 319 g/mol. The highest BCUT2D eigenvalue weighted by Crippen LogP contribution is 2.33. The highest BCUT2D eigenvalue weighted by Gasteiger charge is 2.22. The van der Waals surface area contributed by atoms with Gasteiger partial charge in [0.1, 0.15) is 0 Å². The molecule has 0 bridgehead atoms. The fourth-order valence-electron chi connectivity index (χ4n) is 3.10. The summed E-state index contributed by atoms with van der Waals surface area (Å²) >= 11 is 6.65. The van der Waals surface area contributed by atoms with Crippen LogP contribution >= 0.6 is 11.6 Å². The Hall–Kier alpha value is -2.57. The molecule has 0 amide bonds. The maximum atomic E-state index is 8.92. The molecule has 1 aromatic heterocycles. The average molecular weight is 320 g/mol. The predicted molar refractivity (Wildman–Crippen MR) is 92.7 cm³/mol. The minimum absolute atomic E-state index is 0.678. The van der Waals surface area contributed by atoms with E-state index in [-0.39, 0.29) is 0 Å². The number of fused-ring (bicyclic) bond motifs is 2. The molecule has 2 heterocycles. The van der Waals surface area contributed by atoms with Crippen LogP contribution in [0, 0.1) is 11.3 Å². The first kappa shape index (κ1) is 14.0. The lowest BCUT2D eigenvalue weighted by molar-refractivity contribution is 0.716. The molecule has 0 spiro atoms. The Morgan fingerprint density at radius 2 is 1.87 bits per heavy atom. The molecule has 112 valence electrons. The highest BCUT2D eigenvalue weighted by molar-refractivity contribution is 6.36. The summed E-state index contributed by atoms with van der Waals surface area (Å²) in [6.07, 6.45) is 0.875. The third kappa shape index (κ3) is 2.42. The van der Waals surface area contributed by atoms with Gasteiger partial charge in [0.25, 0.3) is 0 Å². The fourth-order valence-corrected chi connectivity index (χ4v) is 3.43. The summed E-state index contributed by atoms with van der Waals surface area (Å²) in [7, 11) is 0. The molecule has 1 aliphatic rings. The molecule has 0 unspecified atom stereocenters. The molecule has 23 heavy (non-hydrogen) atoms. The summed E-state index contributed by atoms with van der Waals surface area (Å²) in [6.45, 7) is 1.65. The first-order valence-corrected chi connectivity index (χ1v) is 7.95. The van der Waals surface area contributed by atoms with E-state index in [0.717, 1.165) is 52.4 Å². The van der Waals surface area contributed by atoms with Crippen molar-refractivity contribution in [2.24, 2.45) is 0 Å². The van der Waals surface area contributed by atoms with Crippen molar-refractivity contribution in [3.63, 3.8) is 0 Å². The van der Waals surface area contributed by atoms with Crippen molar-refractivity contribution in [1.82, 2.24) is 4.98 Å². The van der Waals surface area contributed by atoms with Crippen LogP contribution in [-0.2, 0) is 13.0 Å². The molecule has 4 rings (SSSR count). The summed E-state index contributed by atoms with van der Waals surface area (Å²) in [6, 6.07) is 17.8. The Morgan fingerprint density at radius 3 is 2.65 bits per heavy atom. The van der Waals surface area contributed by atoms with Gasteiger partial charge in [0.15, 0.2) is 0 Å². The van der Waals surface area contributed by atoms with Gasteiger partial charge in [-0.3, -0.25) is 4.98 Å². The molecule has 0 atom stereocenters. The SMILES string of the molecule is N#Cc1ccc(N2CCc3nc4ccccc4c(Cl)c3C2)cc1. The van der Waals surface area contributed by atoms with E-state index >= 15 is 0 Å². The van der Waals surface area contributed by atoms with Crippen molar-refractivity contribution in [1.29, 1.82) is 5.26 Å². The number of hydrogen-bond donors (Lipinski definition) is 0. The number of halogens is 1. The van der Waals surface area contributed by atoms with Crippen LogP contribution in [0.1, 0.15) is 16.8 Å². The number of nitriles is 1. The van der Waals surface area contributed by atoms with Gasteiger partial charge in [-0.1, -0.05) is 29.8 Å². The number of aromatic nitrogens is 1. The van der Waals surface area contributed by atoms with E-state index in [4.69, 9.17) is 21.8 Å². The van der Waals surface area contributed by atoms with E-state index in [9.17, 15) is 0 Å². The lowest BCUT2D eigenvalue weighted by atomic mass is 10.0. The Kier molecular flexibility index (Phi) is 3.40. The molecule has 0 N–H and O–H groups in total. The molecule has 3 aromatic rings. The van der Waals surface area contributed by atoms with Gasteiger partial charge >= 0.3 is 0 Å². The fraction of sp³-hybridized carbons (Fsp3) is 0.158. The van der Waals surface area contributed by atoms with Gasteiger partial charge in [0, 0.05) is 41.8 Å². The van der Waals surface area contributed by atoms with Crippen LogP contribution in [0.4, 0.5) is 5.69 Å². The summed E-state index contributed by atoms with van der Waals surface area (Å²) < 4.78 is 0. The van der Waals surface area contributed by atoms with E-state index in [1.807, 2.05) is 48.5 Å². The lowest BCUT2D eigenvalue weighted by Gasteiger charge is -2.31. The van der Waals surface area contributed by atoms with Crippen molar-refractivity contribution in [3.05, 3.63) is 70.4 Å². The molecule has 1 aliphatic heterocycles. The van der Waals surface area contributed by atoms with Crippen molar-refractivity contribution >= 4 is 28.2 Å². The Bertz CT molecular complexity index is 926. The van der Waals surface area contributed by atoms with Crippen LogP contribution in [-0.4, -0.2) is 11.5 Å². The second-order valence-corrected chi connectivity index (χ2v) is 6.08. The molecular formula is C19H14ClN3. The van der Waals surface area contributed by atoms with Gasteiger partial charge in [-0.05, 0) is 30.3 Å². The molecule has 3 nitrogen and oxygen atoms in total. The van der Waals surface area contributed by atoms with Crippen molar-refractivity contribution in [2.45, 2.75) is 13.0 Å². The first-order valence-electron chi connectivity index (χ1n) is 7.57. The molecule has 0 fully saturated rings. The molecule has 2 aromatic carbocycles. The van der Waals surface area contributed by atoms with E-state index in [1.54, 1.807) is 0 Å². The normalized spacial score (nSPS) is 13.7. The number of benzene rings is 2. The van der Waals surface area contributed by atoms with Crippen molar-refractivity contribution in [2.75, 3.05) is 11.4 Å². The second-order valence-electron chi connectivity index (χ2n) is 5.70. The minimum atomic E-state index is 0.678. The number of para-hydroxylation sites is 1. The predicted octanol–water partition coefficient (Wildman–Crippen LogP) is 4.32. The number of rotatable bonds is 1. The maximum absolute atomic E-state index is 8.92. The summed E-state index contributed by atoms with van der Waals surface area (Å²) in [4.78, 5) is 7.06. The van der Waals surface area contributed by atoms with Crippen molar-refractivity contribution < 1.29 is 0 Å². The van der Waals surface area contributed by atoms with Crippen LogP contribution in [0.5, 0.6) is 0 Å². The van der Waals surface area contributed by atoms with Crippen LogP contribution in [0.15, 0.2) is 48.5 Å². The standard InChI is InChI=1S/C19H14ClN3/c20-19-15-3-1-2-4-17(15)22-18-9-10-23(12-16(18)19)14-7-5-13(11-21)6-8-14/h1-8H,9-10,12H2. The maximum Gasteiger partial charge on any atom is 0.0991 e. The zero-order valence-electron chi connectivity index (χ0n) is 12.5. The van der Waals surface area contributed by atoms with Gasteiger partial charge in [-0.2, -0.15) is 5.26 Å². The minimum Gasteiger partial charge on any atom is -0.367 e. The smallest absolute Gasteiger partial charge is 0.0991 e. The van der Waals surface area contributed by atoms with E-state index < -0.39 is 0 Å². The number of nitrogens with zero attached hydrogens (tertiary/aromatic N) is 3. The number of hydrogen-bond acceptors (Lipinski definition) is 3. The van der Waals surface area contributed by atoms with Gasteiger partial charge < -0.3 is 4.90 Å². The summed E-state index contributed by atoms with van der Waals surface area (Å²) in [5, 5.41) is 10.7. The zero-order chi connectivity index (χ0) is 15.8. The lowest BCUT2D eigenvalue weighted by Crippen LogP contribution is -2.31. The van der Waals surface area contributed by atoms with Gasteiger partial charge in [0.05, 0.1) is 22.2 Å². The quantitative estimate of drug-likeness (QED) is 0.670. The van der Waals surface area contributed by atoms with E-state index in [0.29, 0.717) is 5.56 Å². The Morgan fingerprint density at radius 1 is 1.09 bits per heavy atom. The third-order valence-electron chi connectivity index (χ3n) is 4.34. The number of anilines is 1. The topological polar surface area (TPSA) is 39.9 Å².